The first-order chi connectivity index (χ1) is 6.75. The average molecular weight is 277 g/mol. The molecule has 1 rings (SSSR count). The topological polar surface area (TPSA) is 17.1 Å². The lowest BCUT2D eigenvalue weighted by atomic mass is 10.1. The van der Waals surface area contributed by atoms with Gasteiger partial charge >= 0.3 is 6.18 Å². The van der Waals surface area contributed by atoms with Crippen molar-refractivity contribution in [1.29, 1.82) is 0 Å². The van der Waals surface area contributed by atoms with Crippen LogP contribution in [0.15, 0.2) is 12.1 Å². The maximum atomic E-state index is 12.1. The standard InChI is InChI=1S/C8H2Cl3F3O/c9-4-2-1-3(5(10)6(4)11)7(15)8(12,13)14/h1-2H. The molecule has 0 spiro atoms. The highest BCUT2D eigenvalue weighted by Gasteiger charge is 2.40. The van der Waals surface area contributed by atoms with Crippen LogP contribution in [0, 0.1) is 0 Å². The van der Waals surface area contributed by atoms with Gasteiger partial charge in [0.25, 0.3) is 5.78 Å². The highest BCUT2D eigenvalue weighted by Crippen LogP contribution is 2.35. The largest absolute Gasteiger partial charge is 0.454 e. The van der Waals surface area contributed by atoms with Crippen molar-refractivity contribution in [2.45, 2.75) is 6.18 Å². The maximum absolute atomic E-state index is 12.1. The molecule has 0 aliphatic rings. The Morgan fingerprint density at radius 2 is 1.60 bits per heavy atom. The van der Waals surface area contributed by atoms with Gasteiger partial charge in [0.05, 0.1) is 15.1 Å². The summed E-state index contributed by atoms with van der Waals surface area (Å²) >= 11 is 16.5. The number of ketones is 1. The highest BCUT2D eigenvalue weighted by molar-refractivity contribution is 6.49. The Labute approximate surface area is 97.7 Å². The number of hydrogen-bond donors (Lipinski definition) is 0. The zero-order valence-corrected chi connectivity index (χ0v) is 9.10. The molecule has 0 aromatic heterocycles. The fourth-order valence-corrected chi connectivity index (χ4v) is 1.48. The van der Waals surface area contributed by atoms with Gasteiger partial charge in [-0.15, -0.1) is 0 Å². The summed E-state index contributed by atoms with van der Waals surface area (Å²) in [7, 11) is 0. The van der Waals surface area contributed by atoms with E-state index < -0.39 is 22.5 Å². The number of rotatable bonds is 1. The van der Waals surface area contributed by atoms with Crippen LogP contribution in [0.2, 0.25) is 15.1 Å². The maximum Gasteiger partial charge on any atom is 0.454 e. The van der Waals surface area contributed by atoms with Crippen molar-refractivity contribution in [2.75, 3.05) is 0 Å². The van der Waals surface area contributed by atoms with E-state index in [4.69, 9.17) is 34.8 Å². The molecule has 0 radical (unpaired) electrons. The molecule has 0 N–H and O–H groups in total. The summed E-state index contributed by atoms with van der Waals surface area (Å²) < 4.78 is 36.2. The molecule has 0 heterocycles. The highest BCUT2D eigenvalue weighted by atomic mass is 35.5. The van der Waals surface area contributed by atoms with E-state index >= 15 is 0 Å². The van der Waals surface area contributed by atoms with Crippen molar-refractivity contribution in [1.82, 2.24) is 0 Å². The molecular weight excluding hydrogens is 275 g/mol. The third-order valence-corrected chi connectivity index (χ3v) is 2.83. The molecule has 82 valence electrons. The van der Waals surface area contributed by atoms with Gasteiger partial charge in [0.2, 0.25) is 0 Å². The number of Topliss-reactive ketones (excluding diaryl/α,β-unsaturated/α-hetero) is 1. The molecule has 1 nitrogen and oxygen atoms in total. The van der Waals surface area contributed by atoms with Gasteiger partial charge < -0.3 is 0 Å². The Kier molecular flexibility index (Phi) is 3.53. The van der Waals surface area contributed by atoms with Crippen LogP contribution in [-0.2, 0) is 0 Å². The van der Waals surface area contributed by atoms with Crippen LogP contribution in [0.25, 0.3) is 0 Å². The molecule has 0 saturated carbocycles. The smallest absolute Gasteiger partial charge is 0.284 e. The number of carbonyl (C=O) groups excluding carboxylic acids is 1. The molecule has 0 fully saturated rings. The summed E-state index contributed by atoms with van der Waals surface area (Å²) in [5.41, 5.74) is -0.710. The Bertz CT molecular complexity index is 414. The predicted octanol–water partition coefficient (Wildman–Crippen LogP) is 4.39. The van der Waals surface area contributed by atoms with Crippen LogP contribution in [0.3, 0.4) is 0 Å². The number of halogens is 6. The van der Waals surface area contributed by atoms with Gasteiger partial charge in [0.1, 0.15) is 0 Å². The number of carbonyl (C=O) groups is 1. The van der Waals surface area contributed by atoms with E-state index in [-0.39, 0.29) is 10.0 Å². The molecule has 1 aromatic carbocycles. The predicted molar refractivity (Wildman–Crippen MR) is 51.9 cm³/mol. The third kappa shape index (κ3) is 2.56. The number of benzene rings is 1. The van der Waals surface area contributed by atoms with Gasteiger partial charge in [-0.2, -0.15) is 13.2 Å². The summed E-state index contributed by atoms with van der Waals surface area (Å²) in [5.74, 6) is -2.05. The fourth-order valence-electron chi connectivity index (χ4n) is 0.854. The minimum atomic E-state index is -4.99. The summed E-state index contributed by atoms with van der Waals surface area (Å²) in [5, 5.41) is -0.777. The SMILES string of the molecule is O=C(c1ccc(Cl)c(Cl)c1Cl)C(F)(F)F. The average Bonchev–Trinajstić information content (AvgIpc) is 2.12. The first-order valence-corrected chi connectivity index (χ1v) is 4.63. The van der Waals surface area contributed by atoms with E-state index in [1.165, 1.54) is 0 Å². The van der Waals surface area contributed by atoms with E-state index in [0.717, 1.165) is 12.1 Å². The second-order valence-corrected chi connectivity index (χ2v) is 3.71. The number of alkyl halides is 3. The zero-order valence-electron chi connectivity index (χ0n) is 6.83. The second kappa shape index (κ2) is 4.20. The van der Waals surface area contributed by atoms with Crippen LogP contribution in [0.4, 0.5) is 13.2 Å². The molecule has 0 bridgehead atoms. The lowest BCUT2D eigenvalue weighted by Crippen LogP contribution is -2.23. The molecule has 0 amide bonds. The monoisotopic (exact) mass is 276 g/mol. The second-order valence-electron chi connectivity index (χ2n) is 2.55. The first kappa shape index (κ1) is 12.6. The van der Waals surface area contributed by atoms with E-state index in [2.05, 4.69) is 0 Å². The van der Waals surface area contributed by atoms with Crippen LogP contribution in [0.5, 0.6) is 0 Å². The third-order valence-electron chi connectivity index (χ3n) is 1.54. The minimum Gasteiger partial charge on any atom is -0.284 e. The minimum absolute atomic E-state index is 0.0135. The quantitative estimate of drug-likeness (QED) is 0.549. The van der Waals surface area contributed by atoms with E-state index in [1.54, 1.807) is 0 Å². The molecule has 15 heavy (non-hydrogen) atoms. The van der Waals surface area contributed by atoms with E-state index in [9.17, 15) is 18.0 Å². The molecule has 0 aliphatic heterocycles. The van der Waals surface area contributed by atoms with E-state index in [1.807, 2.05) is 0 Å². The number of hydrogen-bond acceptors (Lipinski definition) is 1. The Morgan fingerprint density at radius 1 is 1.07 bits per heavy atom. The first-order valence-electron chi connectivity index (χ1n) is 3.50. The molecular formula is C8H2Cl3F3O. The summed E-state index contributed by atoms with van der Waals surface area (Å²) in [6, 6.07) is 1.96. The summed E-state index contributed by atoms with van der Waals surface area (Å²) in [4.78, 5) is 10.8. The van der Waals surface area contributed by atoms with Gasteiger partial charge in [-0.1, -0.05) is 34.8 Å². The van der Waals surface area contributed by atoms with Gasteiger partial charge in [-0.05, 0) is 12.1 Å². The van der Waals surface area contributed by atoms with Gasteiger partial charge in [0, 0.05) is 5.56 Å². The van der Waals surface area contributed by atoms with Gasteiger partial charge in [-0.3, -0.25) is 4.79 Å². The Balaban J connectivity index is 3.29. The van der Waals surface area contributed by atoms with Crippen molar-refractivity contribution in [3.63, 3.8) is 0 Å². The van der Waals surface area contributed by atoms with Crippen molar-refractivity contribution >= 4 is 40.6 Å². The van der Waals surface area contributed by atoms with Gasteiger partial charge in [0.15, 0.2) is 0 Å². The molecule has 0 atom stereocenters. The van der Waals surface area contributed by atoms with Crippen LogP contribution < -0.4 is 0 Å². The molecule has 0 aliphatic carbocycles. The lowest BCUT2D eigenvalue weighted by Gasteiger charge is -2.08. The van der Waals surface area contributed by atoms with Crippen molar-refractivity contribution < 1.29 is 18.0 Å². The molecule has 0 unspecified atom stereocenters. The van der Waals surface area contributed by atoms with Crippen molar-refractivity contribution in [3.05, 3.63) is 32.8 Å². The van der Waals surface area contributed by atoms with Crippen LogP contribution in [-0.4, -0.2) is 12.0 Å². The van der Waals surface area contributed by atoms with Gasteiger partial charge in [-0.25, -0.2) is 0 Å². The molecule has 1 aromatic rings. The zero-order chi connectivity index (χ0) is 11.8. The fraction of sp³-hybridized carbons (Fsp3) is 0.125. The normalized spacial score (nSPS) is 11.6. The Hall–Kier alpha value is -0.450. The van der Waals surface area contributed by atoms with Crippen LogP contribution >= 0.6 is 34.8 Å². The van der Waals surface area contributed by atoms with Crippen molar-refractivity contribution in [3.8, 4) is 0 Å². The lowest BCUT2D eigenvalue weighted by molar-refractivity contribution is -0.0885. The molecule has 0 saturated heterocycles. The summed E-state index contributed by atoms with van der Waals surface area (Å²) in [6.45, 7) is 0. The molecule has 7 heteroatoms. The van der Waals surface area contributed by atoms with Crippen LogP contribution in [0.1, 0.15) is 10.4 Å². The van der Waals surface area contributed by atoms with E-state index in [0.29, 0.717) is 0 Å². The Morgan fingerprint density at radius 3 is 2.07 bits per heavy atom. The summed E-state index contributed by atoms with van der Waals surface area (Å²) in [6.07, 6.45) is -4.99. The van der Waals surface area contributed by atoms with Crippen molar-refractivity contribution in [2.24, 2.45) is 0 Å².